The van der Waals surface area contributed by atoms with Crippen LogP contribution in [0.5, 0.6) is 0 Å². The molecule has 5 heteroatoms. The summed E-state index contributed by atoms with van der Waals surface area (Å²) in [5, 5.41) is 3.35. The third-order valence-corrected chi connectivity index (χ3v) is 4.02. The lowest BCUT2D eigenvalue weighted by Crippen LogP contribution is -2.37. The Bertz CT molecular complexity index is 200. The number of alkyl halides is 3. The van der Waals surface area contributed by atoms with Gasteiger partial charge in [-0.1, -0.05) is 39.5 Å². The van der Waals surface area contributed by atoms with Crippen molar-refractivity contribution in [3.05, 3.63) is 0 Å². The number of halogens is 3. The highest BCUT2D eigenvalue weighted by Crippen LogP contribution is 2.36. The third-order valence-electron chi connectivity index (χ3n) is 3.28. The first kappa shape index (κ1) is 17.1. The molecular weight excluding hydrogens is 247 g/mol. The largest absolute Gasteiger partial charge is 0.441 e. The second kappa shape index (κ2) is 7.52. The van der Waals surface area contributed by atoms with E-state index < -0.39 is 5.51 Å². The van der Waals surface area contributed by atoms with Crippen LogP contribution in [-0.4, -0.2) is 23.8 Å². The van der Waals surface area contributed by atoms with E-state index in [1.165, 1.54) is 0 Å². The molecule has 0 bridgehead atoms. The van der Waals surface area contributed by atoms with Gasteiger partial charge in [0.1, 0.15) is 0 Å². The molecule has 0 heterocycles. The molecule has 0 aromatic heterocycles. The van der Waals surface area contributed by atoms with E-state index in [1.54, 1.807) is 0 Å². The minimum absolute atomic E-state index is 0.00250. The van der Waals surface area contributed by atoms with Crippen molar-refractivity contribution in [1.29, 1.82) is 0 Å². The van der Waals surface area contributed by atoms with Crippen molar-refractivity contribution in [3.63, 3.8) is 0 Å². The Morgan fingerprint density at radius 3 is 2.00 bits per heavy atom. The van der Waals surface area contributed by atoms with Gasteiger partial charge in [0, 0.05) is 18.3 Å². The molecule has 0 aliphatic heterocycles. The molecule has 0 atom stereocenters. The Hall–Kier alpha value is 0.1000. The van der Waals surface area contributed by atoms with Gasteiger partial charge in [-0.2, -0.15) is 13.2 Å². The van der Waals surface area contributed by atoms with Crippen LogP contribution >= 0.6 is 11.8 Å². The zero-order valence-electron chi connectivity index (χ0n) is 11.2. The van der Waals surface area contributed by atoms with Crippen molar-refractivity contribution >= 4 is 11.8 Å². The summed E-state index contributed by atoms with van der Waals surface area (Å²) in [6.07, 6.45) is 2.45. The minimum atomic E-state index is -4.10. The van der Waals surface area contributed by atoms with Crippen molar-refractivity contribution in [2.24, 2.45) is 5.41 Å². The molecule has 0 radical (unpaired) electrons. The van der Waals surface area contributed by atoms with Gasteiger partial charge in [0.15, 0.2) is 0 Å². The average molecular weight is 271 g/mol. The molecule has 0 aromatic carbocycles. The molecule has 0 aromatic rings. The first-order valence-electron chi connectivity index (χ1n) is 6.19. The monoisotopic (exact) mass is 271 g/mol. The molecule has 0 saturated heterocycles. The molecule has 0 spiro atoms. The smallest absolute Gasteiger partial charge is 0.314 e. The third kappa shape index (κ3) is 7.92. The molecule has 0 aliphatic rings. The standard InChI is InChI=1S/C12H24F3NS/c1-5-11(6-2,9-16-10(3)4)7-8-17-12(13,14)15/h10,16H,5-9H2,1-4H3. The SMILES string of the molecule is CCC(CC)(CCSC(F)(F)F)CNC(C)C. The molecule has 0 aliphatic carbocycles. The fraction of sp³-hybridized carbons (Fsp3) is 1.00. The van der Waals surface area contributed by atoms with Gasteiger partial charge in [-0.25, -0.2) is 0 Å². The molecule has 1 N–H and O–H groups in total. The first-order valence-corrected chi connectivity index (χ1v) is 7.17. The summed E-state index contributed by atoms with van der Waals surface area (Å²) in [6.45, 7) is 9.03. The summed E-state index contributed by atoms with van der Waals surface area (Å²) >= 11 is 0.0977. The highest BCUT2D eigenvalue weighted by Gasteiger charge is 2.31. The predicted octanol–water partition coefficient (Wildman–Crippen LogP) is 4.43. The van der Waals surface area contributed by atoms with Crippen molar-refractivity contribution in [2.75, 3.05) is 12.3 Å². The lowest BCUT2D eigenvalue weighted by molar-refractivity contribution is -0.0329. The normalized spacial score (nSPS) is 13.4. The van der Waals surface area contributed by atoms with Crippen LogP contribution < -0.4 is 5.32 Å². The summed E-state index contributed by atoms with van der Waals surface area (Å²) in [7, 11) is 0. The van der Waals surface area contributed by atoms with E-state index in [1.807, 2.05) is 0 Å². The molecular formula is C12H24F3NS. The van der Waals surface area contributed by atoms with Gasteiger partial charge in [-0.3, -0.25) is 0 Å². The Labute approximate surface area is 107 Å². The second-order valence-electron chi connectivity index (χ2n) is 4.79. The number of nitrogens with one attached hydrogen (secondary N) is 1. The van der Waals surface area contributed by atoms with E-state index in [4.69, 9.17) is 0 Å². The quantitative estimate of drug-likeness (QED) is 0.700. The highest BCUT2D eigenvalue weighted by molar-refractivity contribution is 8.00. The Balaban J connectivity index is 4.20. The summed E-state index contributed by atoms with van der Waals surface area (Å²) < 4.78 is 36.3. The van der Waals surface area contributed by atoms with Gasteiger partial charge in [0.25, 0.3) is 0 Å². The van der Waals surface area contributed by atoms with Crippen LogP contribution in [0, 0.1) is 5.41 Å². The Morgan fingerprint density at radius 1 is 1.12 bits per heavy atom. The van der Waals surface area contributed by atoms with E-state index in [0.717, 1.165) is 19.4 Å². The number of hydrogen-bond acceptors (Lipinski definition) is 2. The molecule has 0 rings (SSSR count). The molecule has 0 saturated carbocycles. The van der Waals surface area contributed by atoms with Crippen LogP contribution in [0.1, 0.15) is 47.0 Å². The lowest BCUT2D eigenvalue weighted by Gasteiger charge is -2.33. The highest BCUT2D eigenvalue weighted by atomic mass is 32.2. The summed E-state index contributed by atoms with van der Waals surface area (Å²) in [4.78, 5) is 0. The van der Waals surface area contributed by atoms with Gasteiger partial charge in [-0.15, -0.1) is 0 Å². The number of rotatable bonds is 8. The second-order valence-corrected chi connectivity index (χ2v) is 5.95. The van der Waals surface area contributed by atoms with Gasteiger partial charge < -0.3 is 5.32 Å². The number of thioether (sulfide) groups is 1. The topological polar surface area (TPSA) is 12.0 Å². The van der Waals surface area contributed by atoms with Crippen LogP contribution in [0.25, 0.3) is 0 Å². The molecule has 1 nitrogen and oxygen atoms in total. The Kier molecular flexibility index (Phi) is 7.56. The lowest BCUT2D eigenvalue weighted by atomic mass is 9.79. The predicted molar refractivity (Wildman–Crippen MR) is 69.3 cm³/mol. The van der Waals surface area contributed by atoms with Crippen molar-refractivity contribution in [3.8, 4) is 0 Å². The van der Waals surface area contributed by atoms with E-state index >= 15 is 0 Å². The summed E-state index contributed by atoms with van der Waals surface area (Å²) in [6, 6.07) is 0.378. The van der Waals surface area contributed by atoms with Crippen molar-refractivity contribution in [1.82, 2.24) is 5.32 Å². The van der Waals surface area contributed by atoms with Crippen LogP contribution in [0.3, 0.4) is 0 Å². The minimum Gasteiger partial charge on any atom is -0.314 e. The molecule has 17 heavy (non-hydrogen) atoms. The van der Waals surface area contributed by atoms with Crippen LogP contribution in [0.4, 0.5) is 13.2 Å². The van der Waals surface area contributed by atoms with Gasteiger partial charge >= 0.3 is 5.51 Å². The molecule has 0 fully saturated rings. The molecule has 104 valence electrons. The fourth-order valence-corrected chi connectivity index (χ4v) is 2.51. The van der Waals surface area contributed by atoms with E-state index in [9.17, 15) is 13.2 Å². The Morgan fingerprint density at radius 2 is 1.65 bits per heavy atom. The van der Waals surface area contributed by atoms with Gasteiger partial charge in [0.2, 0.25) is 0 Å². The van der Waals surface area contributed by atoms with Crippen LogP contribution in [0.2, 0.25) is 0 Å². The maximum Gasteiger partial charge on any atom is 0.441 e. The number of hydrogen-bond donors (Lipinski definition) is 1. The van der Waals surface area contributed by atoms with Crippen LogP contribution in [0.15, 0.2) is 0 Å². The zero-order chi connectivity index (χ0) is 13.5. The fourth-order valence-electron chi connectivity index (χ4n) is 1.75. The zero-order valence-corrected chi connectivity index (χ0v) is 12.0. The average Bonchev–Trinajstić information content (AvgIpc) is 2.21. The van der Waals surface area contributed by atoms with Crippen molar-refractivity contribution in [2.45, 2.75) is 58.5 Å². The van der Waals surface area contributed by atoms with Gasteiger partial charge in [0.05, 0.1) is 0 Å². The van der Waals surface area contributed by atoms with E-state index in [-0.39, 0.29) is 22.9 Å². The van der Waals surface area contributed by atoms with Crippen molar-refractivity contribution < 1.29 is 13.2 Å². The molecule has 0 amide bonds. The van der Waals surface area contributed by atoms with E-state index in [2.05, 4.69) is 33.0 Å². The maximum absolute atomic E-state index is 12.1. The summed E-state index contributed by atoms with van der Waals surface area (Å²) in [5.74, 6) is 0.158. The van der Waals surface area contributed by atoms with Gasteiger partial charge in [-0.05, 0) is 24.7 Å². The van der Waals surface area contributed by atoms with Crippen LogP contribution in [-0.2, 0) is 0 Å². The first-order chi connectivity index (χ1) is 7.74. The van der Waals surface area contributed by atoms with E-state index in [0.29, 0.717) is 12.5 Å². The summed E-state index contributed by atoms with van der Waals surface area (Å²) in [5.41, 5.74) is -4.10. The maximum atomic E-state index is 12.1. The molecule has 0 unspecified atom stereocenters.